The van der Waals surface area contributed by atoms with E-state index in [1.165, 1.54) is 121 Å². The first kappa shape index (κ1) is 32.9. The Bertz CT molecular complexity index is 3220. The average Bonchev–Trinajstić information content (AvgIpc) is 4.04. The van der Waals surface area contributed by atoms with E-state index in [2.05, 4.69) is 194 Å². The lowest BCUT2D eigenvalue weighted by Crippen LogP contribution is -2.25. The summed E-state index contributed by atoms with van der Waals surface area (Å²) in [4.78, 5) is 0. The van der Waals surface area contributed by atoms with Gasteiger partial charge in [0.2, 0.25) is 0 Å². The van der Waals surface area contributed by atoms with Gasteiger partial charge in [0.1, 0.15) is 0 Å². The quantitative estimate of drug-likeness (QED) is 0.154. The molecule has 0 unspecified atom stereocenters. The smallest absolute Gasteiger partial charge is 0.0296 e. The van der Waals surface area contributed by atoms with Gasteiger partial charge in [-0.25, -0.2) is 0 Å². The summed E-state index contributed by atoms with van der Waals surface area (Å²) >= 11 is 0. The van der Waals surface area contributed by atoms with E-state index in [0.717, 1.165) is 25.7 Å². The maximum atomic E-state index is 2.56. The van der Waals surface area contributed by atoms with Crippen LogP contribution in [0.4, 0.5) is 0 Å². The molecular weight excluding hydrogens is 721 g/mol. The monoisotopic (exact) mass is 760 g/mol. The van der Waals surface area contributed by atoms with E-state index < -0.39 is 0 Å². The molecule has 0 bridgehead atoms. The van der Waals surface area contributed by atoms with Gasteiger partial charge in [0.15, 0.2) is 0 Å². The van der Waals surface area contributed by atoms with Crippen LogP contribution in [0.3, 0.4) is 0 Å². The molecule has 0 aliphatic heterocycles. The Labute approximate surface area is 350 Å². The average molecular weight is 761 g/mol. The molecule has 4 aliphatic carbocycles. The third-order valence-electron chi connectivity index (χ3n) is 15.2. The SMILES string of the molecule is c1ccc2c(c1)CC1(C2)c2ccccc2-c2ccc(-c3cc4c5ccccc5c(-c5ccc6c(c5)C5(Cc7ccccc7C5)c5ccccc5-6)cc4c4ccccc34)cc21. The number of rotatable bonds is 2. The minimum absolute atomic E-state index is 0.0447. The Balaban J connectivity index is 0.968. The van der Waals surface area contributed by atoms with Crippen molar-refractivity contribution < 1.29 is 0 Å². The number of fused-ring (bicyclic) bond motifs is 17. The second kappa shape index (κ2) is 11.8. The van der Waals surface area contributed by atoms with E-state index in [1.54, 1.807) is 0 Å². The van der Waals surface area contributed by atoms with Crippen molar-refractivity contribution in [1.29, 1.82) is 0 Å². The van der Waals surface area contributed by atoms with Gasteiger partial charge in [0.05, 0.1) is 0 Å². The summed E-state index contributed by atoms with van der Waals surface area (Å²) in [5.41, 5.74) is 22.5. The molecule has 0 aromatic heterocycles. The van der Waals surface area contributed by atoms with E-state index in [-0.39, 0.29) is 10.8 Å². The van der Waals surface area contributed by atoms with Crippen molar-refractivity contribution in [3.63, 3.8) is 0 Å². The molecule has 0 heteroatoms. The molecule has 0 nitrogen and oxygen atoms in total. The number of hydrogen-bond acceptors (Lipinski definition) is 0. The molecule has 60 heavy (non-hydrogen) atoms. The van der Waals surface area contributed by atoms with Gasteiger partial charge in [-0.1, -0.05) is 170 Å². The van der Waals surface area contributed by atoms with E-state index in [9.17, 15) is 0 Å². The van der Waals surface area contributed by atoms with Crippen LogP contribution in [-0.2, 0) is 36.5 Å². The molecule has 0 radical (unpaired) electrons. The van der Waals surface area contributed by atoms with Crippen molar-refractivity contribution in [2.75, 3.05) is 0 Å². The maximum absolute atomic E-state index is 2.56. The molecule has 0 saturated carbocycles. The lowest BCUT2D eigenvalue weighted by Gasteiger charge is -2.27. The summed E-state index contributed by atoms with van der Waals surface area (Å²) in [6, 6.07) is 74.6. The van der Waals surface area contributed by atoms with Crippen LogP contribution in [-0.4, -0.2) is 0 Å². The van der Waals surface area contributed by atoms with Crippen LogP contribution < -0.4 is 0 Å². The van der Waals surface area contributed by atoms with Crippen molar-refractivity contribution in [3.8, 4) is 44.5 Å². The highest BCUT2D eigenvalue weighted by Gasteiger charge is 2.48. The van der Waals surface area contributed by atoms with Crippen LogP contribution in [0.1, 0.15) is 44.5 Å². The molecule has 0 fully saturated rings. The topological polar surface area (TPSA) is 0 Å². The van der Waals surface area contributed by atoms with E-state index >= 15 is 0 Å². The predicted octanol–water partition coefficient (Wildman–Crippen LogP) is 14.6. The second-order valence-corrected chi connectivity index (χ2v) is 18.1. The largest absolute Gasteiger partial charge is 0.0620 e. The van der Waals surface area contributed by atoms with E-state index in [1.807, 2.05) is 0 Å². The Morgan fingerprint density at radius 1 is 0.233 bits per heavy atom. The molecule has 14 rings (SSSR count). The van der Waals surface area contributed by atoms with Crippen molar-refractivity contribution in [2.24, 2.45) is 0 Å². The summed E-state index contributed by atoms with van der Waals surface area (Å²) in [6.45, 7) is 0. The molecule has 10 aromatic carbocycles. The normalized spacial score (nSPS) is 15.7. The fraction of sp³-hybridized carbons (Fsp3) is 0.100. The standard InChI is InChI=1S/C60H40/c1-2-14-40-34-59(33-39(40)13-1)55-23-11-9-21-47(55)49-27-25-37(29-57(49)59)51-31-53-46-20-8-6-18-44(46)52(32-54(53)45-19-7-5-17-43(45)51)38-26-28-50-48-22-10-12-24-56(48)60(58(50)30-38)35-41-15-3-4-16-42(41)36-60/h1-32H,33-36H2. The van der Waals surface area contributed by atoms with Gasteiger partial charge in [-0.2, -0.15) is 0 Å². The van der Waals surface area contributed by atoms with Gasteiger partial charge in [-0.15, -0.1) is 0 Å². The second-order valence-electron chi connectivity index (χ2n) is 18.1. The Morgan fingerprint density at radius 3 is 0.983 bits per heavy atom. The first-order valence-corrected chi connectivity index (χ1v) is 21.7. The highest BCUT2D eigenvalue weighted by Crippen LogP contribution is 2.58. The van der Waals surface area contributed by atoms with Gasteiger partial charge >= 0.3 is 0 Å². The molecular formula is C60H40. The minimum Gasteiger partial charge on any atom is -0.0620 e. The van der Waals surface area contributed by atoms with Gasteiger partial charge < -0.3 is 0 Å². The summed E-state index contributed by atoms with van der Waals surface area (Å²) in [6.07, 6.45) is 4.19. The number of hydrogen-bond donors (Lipinski definition) is 0. The van der Waals surface area contributed by atoms with Crippen molar-refractivity contribution in [2.45, 2.75) is 36.5 Å². The van der Waals surface area contributed by atoms with Gasteiger partial charge in [-0.05, 0) is 171 Å². The molecule has 4 aliphatic rings. The molecule has 280 valence electrons. The third-order valence-corrected chi connectivity index (χ3v) is 15.2. The Kier molecular flexibility index (Phi) is 6.47. The van der Waals surface area contributed by atoms with Crippen LogP contribution >= 0.6 is 0 Å². The van der Waals surface area contributed by atoms with Crippen molar-refractivity contribution in [1.82, 2.24) is 0 Å². The van der Waals surface area contributed by atoms with Crippen LogP contribution in [0.5, 0.6) is 0 Å². The first-order chi connectivity index (χ1) is 29.7. The van der Waals surface area contributed by atoms with Crippen molar-refractivity contribution >= 4 is 32.3 Å². The Hall–Kier alpha value is -7.02. The van der Waals surface area contributed by atoms with E-state index in [0.29, 0.717) is 0 Å². The van der Waals surface area contributed by atoms with Gasteiger partial charge in [0, 0.05) is 10.8 Å². The molecule has 0 N–H and O–H groups in total. The zero-order valence-corrected chi connectivity index (χ0v) is 33.3. The fourth-order valence-electron chi connectivity index (χ4n) is 12.7. The predicted molar refractivity (Wildman–Crippen MR) is 250 cm³/mol. The summed E-state index contributed by atoms with van der Waals surface area (Å²) in [7, 11) is 0. The van der Waals surface area contributed by atoms with E-state index in [4.69, 9.17) is 0 Å². The van der Waals surface area contributed by atoms with Crippen LogP contribution in [0.2, 0.25) is 0 Å². The van der Waals surface area contributed by atoms with Crippen LogP contribution in [0.25, 0.3) is 76.8 Å². The summed E-state index contributed by atoms with van der Waals surface area (Å²) in [5, 5.41) is 7.84. The van der Waals surface area contributed by atoms with Crippen LogP contribution in [0.15, 0.2) is 194 Å². The zero-order chi connectivity index (χ0) is 39.2. The molecule has 2 spiro atoms. The summed E-state index contributed by atoms with van der Waals surface area (Å²) < 4.78 is 0. The summed E-state index contributed by atoms with van der Waals surface area (Å²) in [5.74, 6) is 0. The zero-order valence-electron chi connectivity index (χ0n) is 33.3. The lowest BCUT2D eigenvalue weighted by atomic mass is 9.75. The third kappa shape index (κ3) is 4.26. The van der Waals surface area contributed by atoms with Gasteiger partial charge in [0.25, 0.3) is 0 Å². The highest BCUT2D eigenvalue weighted by molar-refractivity contribution is 6.24. The van der Waals surface area contributed by atoms with Crippen LogP contribution in [0, 0.1) is 0 Å². The highest BCUT2D eigenvalue weighted by atomic mass is 14.5. The fourth-order valence-corrected chi connectivity index (χ4v) is 12.7. The molecule has 0 heterocycles. The Morgan fingerprint density at radius 2 is 0.567 bits per heavy atom. The molecule has 0 atom stereocenters. The first-order valence-electron chi connectivity index (χ1n) is 21.7. The lowest BCUT2D eigenvalue weighted by molar-refractivity contribution is 0.564. The molecule has 0 saturated heterocycles. The number of benzene rings is 10. The maximum Gasteiger partial charge on any atom is 0.0296 e. The van der Waals surface area contributed by atoms with Gasteiger partial charge in [-0.3, -0.25) is 0 Å². The van der Waals surface area contributed by atoms with Crippen molar-refractivity contribution in [3.05, 3.63) is 239 Å². The molecule has 0 amide bonds. The molecule has 10 aromatic rings. The minimum atomic E-state index is -0.0447.